The van der Waals surface area contributed by atoms with Crippen LogP contribution in [-0.2, 0) is 21.3 Å². The molecule has 0 fully saturated rings. The predicted molar refractivity (Wildman–Crippen MR) is 89.5 cm³/mol. The van der Waals surface area contributed by atoms with E-state index in [2.05, 4.69) is 9.46 Å². The topological polar surface area (TPSA) is 81.7 Å². The summed E-state index contributed by atoms with van der Waals surface area (Å²) in [5, 5.41) is 0. The number of methoxy groups -OCH3 is 2. The number of aryl methyl sites for hydroxylation is 1. The average Bonchev–Trinajstić information content (AvgIpc) is 2.61. The minimum absolute atomic E-state index is 0.121. The molecule has 2 aromatic carbocycles. The Hall–Kier alpha value is -2.45. The lowest BCUT2D eigenvalue weighted by Gasteiger charge is -2.11. The number of ether oxygens (including phenoxy) is 2. The van der Waals surface area contributed by atoms with Gasteiger partial charge in [0.25, 0.3) is 0 Å². The van der Waals surface area contributed by atoms with Crippen LogP contribution in [0, 0.1) is 12.7 Å². The molecule has 0 aliphatic heterocycles. The number of benzene rings is 2. The van der Waals surface area contributed by atoms with E-state index in [1.807, 2.05) is 0 Å². The molecule has 0 spiro atoms. The molecule has 8 heteroatoms. The van der Waals surface area contributed by atoms with Gasteiger partial charge in [-0.15, -0.1) is 0 Å². The highest BCUT2D eigenvalue weighted by molar-refractivity contribution is 7.89. The molecule has 0 unspecified atom stereocenters. The summed E-state index contributed by atoms with van der Waals surface area (Å²) in [5.74, 6) is -1.13. The summed E-state index contributed by atoms with van der Waals surface area (Å²) in [6.45, 7) is 1.55. The van der Waals surface area contributed by atoms with E-state index in [-0.39, 0.29) is 12.1 Å². The Morgan fingerprint density at radius 2 is 1.88 bits per heavy atom. The Balaban J connectivity index is 2.26. The summed E-state index contributed by atoms with van der Waals surface area (Å²) in [6, 6.07) is 8.43. The van der Waals surface area contributed by atoms with Crippen LogP contribution in [0.4, 0.5) is 4.39 Å². The molecule has 0 amide bonds. The lowest BCUT2D eigenvalue weighted by atomic mass is 10.1. The fourth-order valence-corrected chi connectivity index (χ4v) is 3.39. The lowest BCUT2D eigenvalue weighted by molar-refractivity contribution is 0.0597. The first-order valence-electron chi connectivity index (χ1n) is 7.29. The van der Waals surface area contributed by atoms with Crippen molar-refractivity contribution in [2.24, 2.45) is 0 Å². The number of esters is 1. The molecule has 0 aromatic heterocycles. The molecule has 2 rings (SSSR count). The van der Waals surface area contributed by atoms with Gasteiger partial charge in [0.1, 0.15) is 22.0 Å². The zero-order chi connectivity index (χ0) is 18.6. The molecule has 1 N–H and O–H groups in total. The van der Waals surface area contributed by atoms with Gasteiger partial charge in [-0.25, -0.2) is 22.3 Å². The van der Waals surface area contributed by atoms with E-state index < -0.39 is 26.7 Å². The van der Waals surface area contributed by atoms with Gasteiger partial charge in [0, 0.05) is 6.54 Å². The Kier molecular flexibility index (Phi) is 5.76. The summed E-state index contributed by atoms with van der Waals surface area (Å²) >= 11 is 0. The Labute approximate surface area is 145 Å². The molecular formula is C17H18FNO5S. The highest BCUT2D eigenvalue weighted by Crippen LogP contribution is 2.21. The predicted octanol–water partition coefficient (Wildman–Crippen LogP) is 2.41. The normalized spacial score (nSPS) is 11.2. The summed E-state index contributed by atoms with van der Waals surface area (Å²) in [4.78, 5) is 11.3. The second-order valence-corrected chi connectivity index (χ2v) is 7.02. The summed E-state index contributed by atoms with van der Waals surface area (Å²) in [7, 11) is -1.40. The summed E-state index contributed by atoms with van der Waals surface area (Å²) in [5.41, 5.74) is 1.29. The third-order valence-corrected chi connectivity index (χ3v) is 4.93. The zero-order valence-electron chi connectivity index (χ0n) is 14.0. The van der Waals surface area contributed by atoms with Gasteiger partial charge in [0.2, 0.25) is 10.0 Å². The van der Waals surface area contributed by atoms with E-state index >= 15 is 0 Å². The molecule has 25 heavy (non-hydrogen) atoms. The van der Waals surface area contributed by atoms with E-state index in [1.165, 1.54) is 38.5 Å². The first-order valence-corrected chi connectivity index (χ1v) is 8.78. The van der Waals surface area contributed by atoms with Crippen molar-refractivity contribution >= 4 is 16.0 Å². The highest BCUT2D eigenvalue weighted by atomic mass is 32.2. The zero-order valence-corrected chi connectivity index (χ0v) is 14.8. The van der Waals surface area contributed by atoms with Crippen LogP contribution in [0.1, 0.15) is 21.5 Å². The van der Waals surface area contributed by atoms with Crippen LogP contribution in [0.2, 0.25) is 0 Å². The van der Waals surface area contributed by atoms with Gasteiger partial charge in [0.15, 0.2) is 0 Å². The monoisotopic (exact) mass is 367 g/mol. The first kappa shape index (κ1) is 18.9. The average molecular weight is 367 g/mol. The van der Waals surface area contributed by atoms with Crippen LogP contribution in [0.3, 0.4) is 0 Å². The number of nitrogens with one attached hydrogen (secondary N) is 1. The molecule has 0 aliphatic carbocycles. The Morgan fingerprint density at radius 3 is 2.52 bits per heavy atom. The van der Waals surface area contributed by atoms with Crippen molar-refractivity contribution in [1.82, 2.24) is 4.72 Å². The van der Waals surface area contributed by atoms with Crippen molar-refractivity contribution in [3.63, 3.8) is 0 Å². The van der Waals surface area contributed by atoms with Gasteiger partial charge in [-0.2, -0.15) is 0 Å². The van der Waals surface area contributed by atoms with Crippen molar-refractivity contribution in [3.8, 4) is 5.75 Å². The molecule has 0 atom stereocenters. The van der Waals surface area contributed by atoms with E-state index in [4.69, 9.17) is 4.74 Å². The Morgan fingerprint density at radius 1 is 1.16 bits per heavy atom. The molecule has 0 saturated carbocycles. The molecule has 134 valence electrons. The molecule has 0 radical (unpaired) electrons. The maximum atomic E-state index is 13.8. The highest BCUT2D eigenvalue weighted by Gasteiger charge is 2.20. The van der Waals surface area contributed by atoms with E-state index in [1.54, 1.807) is 13.0 Å². The fourth-order valence-electron chi connectivity index (χ4n) is 2.21. The maximum Gasteiger partial charge on any atom is 0.341 e. The summed E-state index contributed by atoms with van der Waals surface area (Å²) < 4.78 is 50.5. The van der Waals surface area contributed by atoms with E-state index in [0.29, 0.717) is 16.9 Å². The fraction of sp³-hybridized carbons (Fsp3) is 0.235. The largest absolute Gasteiger partial charge is 0.496 e. The first-order chi connectivity index (χ1) is 11.8. The maximum absolute atomic E-state index is 13.8. The number of carbonyl (C=O) groups excluding carboxylic acids is 1. The smallest absolute Gasteiger partial charge is 0.341 e. The van der Waals surface area contributed by atoms with Gasteiger partial charge in [-0.1, -0.05) is 12.1 Å². The number of sulfonamides is 1. The number of hydrogen-bond acceptors (Lipinski definition) is 5. The van der Waals surface area contributed by atoms with Crippen LogP contribution >= 0.6 is 0 Å². The number of carbonyl (C=O) groups is 1. The third kappa shape index (κ3) is 4.34. The van der Waals surface area contributed by atoms with Gasteiger partial charge in [-0.05, 0) is 42.3 Å². The van der Waals surface area contributed by atoms with Crippen LogP contribution < -0.4 is 9.46 Å². The lowest BCUT2D eigenvalue weighted by Crippen LogP contribution is -2.24. The van der Waals surface area contributed by atoms with Crippen molar-refractivity contribution in [2.45, 2.75) is 18.4 Å². The number of hydrogen-bond donors (Lipinski definition) is 1. The molecule has 0 aliphatic rings. The molecule has 2 aromatic rings. The van der Waals surface area contributed by atoms with Crippen molar-refractivity contribution < 1.29 is 27.1 Å². The quantitative estimate of drug-likeness (QED) is 0.793. The Bertz CT molecular complexity index is 896. The van der Waals surface area contributed by atoms with Gasteiger partial charge in [-0.3, -0.25) is 0 Å². The van der Waals surface area contributed by atoms with E-state index in [0.717, 1.165) is 6.07 Å². The summed E-state index contributed by atoms with van der Waals surface area (Å²) in [6.07, 6.45) is 0. The number of halogens is 1. The number of rotatable bonds is 6. The third-order valence-electron chi connectivity index (χ3n) is 3.51. The van der Waals surface area contributed by atoms with Crippen LogP contribution in [-0.4, -0.2) is 28.6 Å². The van der Waals surface area contributed by atoms with Crippen molar-refractivity contribution in [1.29, 1.82) is 0 Å². The second-order valence-electron chi connectivity index (χ2n) is 5.28. The second kappa shape index (κ2) is 7.62. The SMILES string of the molecule is COC(=O)c1cc(CNS(=O)(=O)c2cc(C)ccc2F)ccc1OC. The van der Waals surface area contributed by atoms with Crippen LogP contribution in [0.5, 0.6) is 5.75 Å². The van der Waals surface area contributed by atoms with Crippen LogP contribution in [0.15, 0.2) is 41.3 Å². The van der Waals surface area contributed by atoms with E-state index in [9.17, 15) is 17.6 Å². The van der Waals surface area contributed by atoms with Crippen LogP contribution in [0.25, 0.3) is 0 Å². The van der Waals surface area contributed by atoms with Gasteiger partial charge >= 0.3 is 5.97 Å². The van der Waals surface area contributed by atoms with Crippen molar-refractivity contribution in [2.75, 3.05) is 14.2 Å². The molecular weight excluding hydrogens is 349 g/mol. The van der Waals surface area contributed by atoms with Crippen molar-refractivity contribution in [3.05, 3.63) is 58.9 Å². The standard InChI is InChI=1S/C17H18FNO5S/c1-11-4-6-14(18)16(8-11)25(21,22)19-10-12-5-7-15(23-2)13(9-12)17(20)24-3/h4-9,19H,10H2,1-3H3. The molecule has 0 bridgehead atoms. The molecule has 0 saturated heterocycles. The molecule has 6 nitrogen and oxygen atoms in total. The molecule has 0 heterocycles. The minimum Gasteiger partial charge on any atom is -0.496 e. The minimum atomic E-state index is -4.04. The van der Waals surface area contributed by atoms with Gasteiger partial charge in [0.05, 0.1) is 14.2 Å². The van der Waals surface area contributed by atoms with Gasteiger partial charge < -0.3 is 9.47 Å².